The van der Waals surface area contributed by atoms with Crippen LogP contribution in [-0.2, 0) is 4.74 Å². The van der Waals surface area contributed by atoms with Gasteiger partial charge in [0.2, 0.25) is 0 Å². The van der Waals surface area contributed by atoms with Gasteiger partial charge in [0.15, 0.2) is 5.13 Å². The molecular formula is C18H20N2O3S. The normalized spacial score (nSPS) is 20.1. The predicted octanol–water partition coefficient (Wildman–Crippen LogP) is 3.83. The van der Waals surface area contributed by atoms with Gasteiger partial charge < -0.3 is 9.47 Å². The number of hydrogen-bond acceptors (Lipinski definition) is 5. The topological polar surface area (TPSA) is 60.5 Å². The molecule has 1 aromatic carbocycles. The number of thiazole rings is 1. The Labute approximate surface area is 145 Å². The highest BCUT2D eigenvalue weighted by Crippen LogP contribution is 2.40. The number of rotatable bonds is 6. The van der Waals surface area contributed by atoms with Crippen molar-refractivity contribution in [1.82, 2.24) is 4.98 Å². The van der Waals surface area contributed by atoms with Crippen LogP contribution in [0.15, 0.2) is 29.6 Å². The summed E-state index contributed by atoms with van der Waals surface area (Å²) in [6, 6.07) is 7.19. The number of nitrogens with zero attached hydrogens (tertiary/aromatic N) is 1. The molecule has 1 N–H and O–H groups in total. The third kappa shape index (κ3) is 3.76. The second-order valence-corrected chi connectivity index (χ2v) is 7.13. The van der Waals surface area contributed by atoms with Crippen molar-refractivity contribution >= 4 is 22.4 Å². The maximum atomic E-state index is 12.3. The summed E-state index contributed by atoms with van der Waals surface area (Å²) < 4.78 is 11.2. The molecule has 0 bridgehead atoms. The summed E-state index contributed by atoms with van der Waals surface area (Å²) in [5.74, 6) is 1.22. The Balaban J connectivity index is 1.32. The lowest BCUT2D eigenvalue weighted by molar-refractivity contribution is 0.0679. The highest BCUT2D eigenvalue weighted by atomic mass is 32.1. The van der Waals surface area contributed by atoms with Crippen LogP contribution in [0, 0.1) is 0 Å². The van der Waals surface area contributed by atoms with Gasteiger partial charge in [0, 0.05) is 23.5 Å². The summed E-state index contributed by atoms with van der Waals surface area (Å²) in [6.45, 7) is 1.39. The summed E-state index contributed by atoms with van der Waals surface area (Å²) >= 11 is 1.48. The van der Waals surface area contributed by atoms with Crippen LogP contribution in [0.1, 0.15) is 47.7 Å². The summed E-state index contributed by atoms with van der Waals surface area (Å²) in [5.41, 5.74) is 1.70. The van der Waals surface area contributed by atoms with Gasteiger partial charge in [0.05, 0.1) is 11.8 Å². The number of amides is 1. The Kier molecular flexibility index (Phi) is 4.49. The molecule has 0 radical (unpaired) electrons. The van der Waals surface area contributed by atoms with Crippen LogP contribution in [0.2, 0.25) is 0 Å². The third-order valence-corrected chi connectivity index (χ3v) is 5.09. The van der Waals surface area contributed by atoms with Crippen molar-refractivity contribution in [3.05, 3.63) is 40.9 Å². The summed E-state index contributed by atoms with van der Waals surface area (Å²) in [4.78, 5) is 16.8. The molecule has 2 aromatic rings. The van der Waals surface area contributed by atoms with Gasteiger partial charge in [-0.3, -0.25) is 10.1 Å². The van der Waals surface area contributed by atoms with Crippen LogP contribution >= 0.6 is 11.3 Å². The molecule has 24 heavy (non-hydrogen) atoms. The van der Waals surface area contributed by atoms with Gasteiger partial charge in [-0.2, -0.15) is 0 Å². The van der Waals surface area contributed by atoms with E-state index in [0.29, 0.717) is 23.2 Å². The molecule has 1 saturated heterocycles. The Morgan fingerprint density at radius 3 is 2.83 bits per heavy atom. The highest BCUT2D eigenvalue weighted by Gasteiger charge is 2.26. The van der Waals surface area contributed by atoms with Gasteiger partial charge >= 0.3 is 0 Å². The number of aromatic nitrogens is 1. The highest BCUT2D eigenvalue weighted by molar-refractivity contribution is 7.14. The number of benzene rings is 1. The lowest BCUT2D eigenvalue weighted by Crippen LogP contribution is -2.16. The van der Waals surface area contributed by atoms with Crippen molar-refractivity contribution in [3.8, 4) is 5.75 Å². The largest absolute Gasteiger partial charge is 0.491 e. The SMILES string of the molecule is O=C(Nc1nc(C2CC2)cs1)c1ccc(OC[C@@H]2CCCO2)cc1. The molecule has 1 aromatic heterocycles. The Morgan fingerprint density at radius 2 is 2.12 bits per heavy atom. The van der Waals surface area contributed by atoms with Gasteiger partial charge in [-0.05, 0) is 49.9 Å². The molecule has 126 valence electrons. The van der Waals surface area contributed by atoms with Crippen LogP contribution < -0.4 is 10.1 Å². The summed E-state index contributed by atoms with van der Waals surface area (Å²) in [6.07, 6.45) is 4.77. The standard InChI is InChI=1S/C18H20N2O3S/c21-17(20-18-19-16(11-24-18)12-3-4-12)13-5-7-14(8-6-13)23-10-15-2-1-9-22-15/h5-8,11-12,15H,1-4,9-10H2,(H,19,20,21)/t15-/m0/s1. The molecule has 1 atom stereocenters. The molecule has 1 amide bonds. The molecular weight excluding hydrogens is 324 g/mol. The molecule has 1 aliphatic heterocycles. The predicted molar refractivity (Wildman–Crippen MR) is 93.0 cm³/mol. The van der Waals surface area contributed by atoms with E-state index in [1.54, 1.807) is 12.1 Å². The second-order valence-electron chi connectivity index (χ2n) is 6.28. The first-order valence-corrected chi connectivity index (χ1v) is 9.27. The number of carbonyl (C=O) groups excluding carboxylic acids is 1. The van der Waals surface area contributed by atoms with Crippen molar-refractivity contribution in [3.63, 3.8) is 0 Å². The van der Waals surface area contributed by atoms with E-state index >= 15 is 0 Å². The van der Waals surface area contributed by atoms with E-state index in [4.69, 9.17) is 9.47 Å². The quantitative estimate of drug-likeness (QED) is 0.865. The van der Waals surface area contributed by atoms with Crippen molar-refractivity contribution in [1.29, 1.82) is 0 Å². The average molecular weight is 344 g/mol. The van der Waals surface area contributed by atoms with E-state index in [2.05, 4.69) is 10.3 Å². The molecule has 5 nitrogen and oxygen atoms in total. The lowest BCUT2D eigenvalue weighted by atomic mass is 10.2. The minimum atomic E-state index is -0.141. The van der Waals surface area contributed by atoms with Crippen molar-refractivity contribution in [2.24, 2.45) is 0 Å². The van der Waals surface area contributed by atoms with Crippen LogP contribution in [0.5, 0.6) is 5.75 Å². The fraction of sp³-hybridized carbons (Fsp3) is 0.444. The van der Waals surface area contributed by atoms with E-state index in [1.165, 1.54) is 24.2 Å². The monoisotopic (exact) mass is 344 g/mol. The Bertz CT molecular complexity index is 703. The summed E-state index contributed by atoms with van der Waals surface area (Å²) in [7, 11) is 0. The number of anilines is 1. The minimum absolute atomic E-state index is 0.141. The molecule has 6 heteroatoms. The van der Waals surface area contributed by atoms with Gasteiger partial charge in [-0.15, -0.1) is 11.3 Å². The number of hydrogen-bond donors (Lipinski definition) is 1. The van der Waals surface area contributed by atoms with Gasteiger partial charge in [0.1, 0.15) is 12.4 Å². The molecule has 2 heterocycles. The summed E-state index contributed by atoms with van der Waals surface area (Å²) in [5, 5.41) is 5.57. The molecule has 2 aliphatic rings. The minimum Gasteiger partial charge on any atom is -0.491 e. The first-order chi connectivity index (χ1) is 11.8. The van der Waals surface area contributed by atoms with E-state index in [0.717, 1.165) is 30.9 Å². The van der Waals surface area contributed by atoms with Crippen LogP contribution in [0.3, 0.4) is 0 Å². The van der Waals surface area contributed by atoms with E-state index < -0.39 is 0 Å². The smallest absolute Gasteiger partial charge is 0.257 e. The van der Waals surface area contributed by atoms with Crippen molar-refractivity contribution < 1.29 is 14.3 Å². The van der Waals surface area contributed by atoms with Crippen molar-refractivity contribution in [2.45, 2.75) is 37.7 Å². The van der Waals surface area contributed by atoms with Crippen LogP contribution in [-0.4, -0.2) is 30.2 Å². The second kappa shape index (κ2) is 6.91. The molecule has 1 saturated carbocycles. The maximum Gasteiger partial charge on any atom is 0.257 e. The number of nitrogens with one attached hydrogen (secondary N) is 1. The van der Waals surface area contributed by atoms with E-state index in [1.807, 2.05) is 17.5 Å². The van der Waals surface area contributed by atoms with E-state index in [-0.39, 0.29) is 12.0 Å². The molecule has 1 aliphatic carbocycles. The zero-order valence-electron chi connectivity index (χ0n) is 13.4. The first-order valence-electron chi connectivity index (χ1n) is 8.39. The van der Waals surface area contributed by atoms with Crippen molar-refractivity contribution in [2.75, 3.05) is 18.5 Å². The van der Waals surface area contributed by atoms with Gasteiger partial charge in [0.25, 0.3) is 5.91 Å². The zero-order valence-corrected chi connectivity index (χ0v) is 14.2. The fourth-order valence-corrected chi connectivity index (χ4v) is 3.53. The average Bonchev–Trinajstić information content (AvgIpc) is 3.13. The molecule has 4 rings (SSSR count). The third-order valence-electron chi connectivity index (χ3n) is 4.31. The fourth-order valence-electron chi connectivity index (χ4n) is 2.75. The van der Waals surface area contributed by atoms with E-state index in [9.17, 15) is 4.79 Å². The van der Waals surface area contributed by atoms with Gasteiger partial charge in [-0.1, -0.05) is 0 Å². The maximum absolute atomic E-state index is 12.3. The van der Waals surface area contributed by atoms with Crippen LogP contribution in [0.4, 0.5) is 5.13 Å². The number of carbonyl (C=O) groups is 1. The molecule has 0 unspecified atom stereocenters. The molecule has 0 spiro atoms. The van der Waals surface area contributed by atoms with Crippen LogP contribution in [0.25, 0.3) is 0 Å². The first kappa shape index (κ1) is 15.6. The zero-order chi connectivity index (χ0) is 16.4. The van der Waals surface area contributed by atoms with Gasteiger partial charge in [-0.25, -0.2) is 4.98 Å². The molecule has 2 fully saturated rings. The number of ether oxygens (including phenoxy) is 2. The Hall–Kier alpha value is -1.92. The lowest BCUT2D eigenvalue weighted by Gasteiger charge is -2.11. The Morgan fingerprint density at radius 1 is 1.29 bits per heavy atom.